The molecule has 1 atom stereocenters. The number of rotatable bonds is 1. The summed E-state index contributed by atoms with van der Waals surface area (Å²) in [5.74, 6) is 0. The zero-order valence-corrected chi connectivity index (χ0v) is 16.3. The van der Waals surface area contributed by atoms with Crippen LogP contribution in [0.3, 0.4) is 0 Å². The summed E-state index contributed by atoms with van der Waals surface area (Å²) in [4.78, 5) is 0. The van der Waals surface area contributed by atoms with Crippen LogP contribution in [0.4, 0.5) is 32.0 Å². The van der Waals surface area contributed by atoms with E-state index in [1.165, 1.54) is 11.7 Å². The van der Waals surface area contributed by atoms with Crippen LogP contribution >= 0.6 is 7.29 Å². The number of benzene rings is 3. The Balaban J connectivity index is 1.97. The van der Waals surface area contributed by atoms with Crippen LogP contribution in [0.2, 0.25) is 0 Å². The predicted octanol–water partition coefficient (Wildman–Crippen LogP) is 6.07. The number of para-hydroxylation sites is 1. The molecule has 0 unspecified atom stereocenters. The highest BCUT2D eigenvalue weighted by molar-refractivity contribution is 7.80. The number of hydrogen-bond donors (Lipinski definition) is 0. The molecule has 0 spiro atoms. The van der Waals surface area contributed by atoms with Crippen molar-refractivity contribution in [1.82, 2.24) is 0 Å². The lowest BCUT2D eigenvalue weighted by Gasteiger charge is -2.38. The van der Waals surface area contributed by atoms with Gasteiger partial charge in [-0.1, -0.05) is 18.2 Å². The Labute approximate surface area is 168 Å². The molecule has 3 aromatic carbocycles. The second kappa shape index (κ2) is 6.64. The van der Waals surface area contributed by atoms with Gasteiger partial charge in [0.25, 0.3) is 0 Å². The molecular formula is C21H14F6NOP. The van der Waals surface area contributed by atoms with E-state index in [9.17, 15) is 30.9 Å². The summed E-state index contributed by atoms with van der Waals surface area (Å²) in [6, 6.07) is 13.4. The molecule has 1 aliphatic heterocycles. The van der Waals surface area contributed by atoms with E-state index in [1.807, 2.05) is 0 Å². The number of alkyl halides is 6. The minimum Gasteiger partial charge on any atom is -0.318 e. The summed E-state index contributed by atoms with van der Waals surface area (Å²) in [5.41, 5.74) is -0.723. The second-order valence-electron chi connectivity index (χ2n) is 6.89. The topological polar surface area (TPSA) is 20.3 Å². The maximum atomic E-state index is 14.2. The fourth-order valence-corrected chi connectivity index (χ4v) is 6.42. The summed E-state index contributed by atoms with van der Waals surface area (Å²) in [6.07, 6.45) is -9.15. The van der Waals surface area contributed by atoms with E-state index in [0.29, 0.717) is 11.3 Å². The van der Waals surface area contributed by atoms with Crippen molar-refractivity contribution in [1.29, 1.82) is 0 Å². The van der Waals surface area contributed by atoms with Crippen LogP contribution < -0.4 is 15.3 Å². The van der Waals surface area contributed by atoms with Crippen LogP contribution in [0.25, 0.3) is 11.1 Å². The summed E-state index contributed by atoms with van der Waals surface area (Å²) in [7, 11) is -2.20. The van der Waals surface area contributed by atoms with Crippen molar-refractivity contribution in [2.75, 3.05) is 11.7 Å². The first-order valence-electron chi connectivity index (χ1n) is 8.77. The highest BCUT2D eigenvalue weighted by atomic mass is 31.2. The molecule has 0 saturated heterocycles. The number of fused-ring (bicyclic) bond motifs is 3. The maximum Gasteiger partial charge on any atom is 0.416 e. The Morgan fingerprint density at radius 3 is 1.90 bits per heavy atom. The third kappa shape index (κ3) is 3.10. The van der Waals surface area contributed by atoms with Gasteiger partial charge in [0.2, 0.25) is 7.29 Å². The quantitative estimate of drug-likeness (QED) is 0.338. The first-order valence-corrected chi connectivity index (χ1v) is 10.4. The van der Waals surface area contributed by atoms with Gasteiger partial charge in [-0.05, 0) is 54.1 Å². The van der Waals surface area contributed by atoms with Gasteiger partial charge in [0.1, 0.15) is 0 Å². The van der Waals surface area contributed by atoms with Crippen molar-refractivity contribution in [3.63, 3.8) is 0 Å². The molecule has 0 fully saturated rings. The average molecular weight is 441 g/mol. The molecule has 156 valence electrons. The van der Waals surface area contributed by atoms with E-state index >= 15 is 0 Å². The molecule has 30 heavy (non-hydrogen) atoms. The van der Waals surface area contributed by atoms with Gasteiger partial charge in [0.15, 0.2) is 0 Å². The fraction of sp³-hybridized carbons (Fsp3) is 0.143. The minimum atomic E-state index is -4.59. The molecule has 0 N–H and O–H groups in total. The maximum absolute atomic E-state index is 14.2. The van der Waals surface area contributed by atoms with E-state index < -0.39 is 30.8 Å². The molecule has 0 radical (unpaired) electrons. The van der Waals surface area contributed by atoms with Crippen molar-refractivity contribution in [3.8, 4) is 11.1 Å². The molecule has 0 bridgehead atoms. The molecule has 2 nitrogen and oxygen atoms in total. The Hall–Kier alpha value is -2.73. The minimum absolute atomic E-state index is 0.105. The molecule has 0 amide bonds. The highest BCUT2D eigenvalue weighted by Crippen LogP contribution is 2.57. The van der Waals surface area contributed by atoms with Gasteiger partial charge in [-0.25, -0.2) is 0 Å². The first-order chi connectivity index (χ1) is 13.9. The van der Waals surface area contributed by atoms with E-state index in [4.69, 9.17) is 0 Å². The van der Waals surface area contributed by atoms with Crippen molar-refractivity contribution in [3.05, 3.63) is 77.9 Å². The molecule has 9 heteroatoms. The summed E-state index contributed by atoms with van der Waals surface area (Å²) in [6.45, 7) is 0. The van der Waals surface area contributed by atoms with E-state index in [-0.39, 0.29) is 16.2 Å². The van der Waals surface area contributed by atoms with E-state index in [1.54, 1.807) is 24.3 Å². The van der Waals surface area contributed by atoms with Crippen molar-refractivity contribution < 1.29 is 30.9 Å². The fourth-order valence-electron chi connectivity index (χ4n) is 3.65. The number of nitrogens with zero attached hydrogens (tertiary/aromatic N) is 1. The molecule has 0 aliphatic carbocycles. The third-order valence-electron chi connectivity index (χ3n) is 5.16. The summed E-state index contributed by atoms with van der Waals surface area (Å²) >= 11 is 0. The van der Waals surface area contributed by atoms with Crippen LogP contribution in [-0.4, -0.2) is 7.05 Å². The number of halogens is 6. The largest absolute Gasteiger partial charge is 0.416 e. The van der Waals surface area contributed by atoms with Crippen LogP contribution in [0.15, 0.2) is 66.7 Å². The van der Waals surface area contributed by atoms with Gasteiger partial charge in [0.05, 0.1) is 16.8 Å². The Bertz CT molecular complexity index is 1170. The van der Waals surface area contributed by atoms with E-state index in [2.05, 4.69) is 0 Å². The van der Waals surface area contributed by atoms with Crippen molar-refractivity contribution >= 4 is 23.6 Å². The third-order valence-corrected chi connectivity index (χ3v) is 8.26. The van der Waals surface area contributed by atoms with Gasteiger partial charge in [0, 0.05) is 23.2 Å². The van der Waals surface area contributed by atoms with Crippen molar-refractivity contribution in [2.24, 2.45) is 0 Å². The van der Waals surface area contributed by atoms with Gasteiger partial charge in [-0.3, -0.25) is 4.57 Å². The Morgan fingerprint density at radius 1 is 0.733 bits per heavy atom. The van der Waals surface area contributed by atoms with Gasteiger partial charge in [-0.2, -0.15) is 26.3 Å². The molecule has 0 saturated carbocycles. The van der Waals surface area contributed by atoms with Gasteiger partial charge in [-0.15, -0.1) is 0 Å². The number of anilines is 1. The summed E-state index contributed by atoms with van der Waals surface area (Å²) < 4.78 is 94.4. The standard InChI is InChI=1S/C21H14F6NOP/c1-28-18-5-3-2-4-16(18)17-12-14(21(25,26)27)8-11-19(17)30(28,29)15-9-6-13(7-10-15)20(22,23)24/h2-12H,1H3/t30-/m1/s1. The number of hydrogen-bond acceptors (Lipinski definition) is 1. The molecule has 1 heterocycles. The summed E-state index contributed by atoms with van der Waals surface area (Å²) in [5, 5.41) is 0.255. The predicted molar refractivity (Wildman–Crippen MR) is 104 cm³/mol. The van der Waals surface area contributed by atoms with Gasteiger partial charge >= 0.3 is 12.4 Å². The van der Waals surface area contributed by atoms with E-state index in [0.717, 1.165) is 42.5 Å². The second-order valence-corrected chi connectivity index (χ2v) is 9.64. The lowest BCUT2D eigenvalue weighted by atomic mass is 10.0. The normalized spacial score (nSPS) is 18.7. The Morgan fingerprint density at radius 2 is 1.30 bits per heavy atom. The monoisotopic (exact) mass is 441 g/mol. The van der Waals surface area contributed by atoms with Crippen LogP contribution in [0, 0.1) is 0 Å². The molecular weight excluding hydrogens is 427 g/mol. The average Bonchev–Trinajstić information content (AvgIpc) is 2.70. The lowest BCUT2D eigenvalue weighted by Crippen LogP contribution is -2.34. The molecule has 1 aliphatic rings. The smallest absolute Gasteiger partial charge is 0.318 e. The molecule has 3 aromatic rings. The molecule has 0 aromatic heterocycles. The lowest BCUT2D eigenvalue weighted by molar-refractivity contribution is -0.138. The van der Waals surface area contributed by atoms with Gasteiger partial charge < -0.3 is 4.67 Å². The Kier molecular flexibility index (Phi) is 4.54. The zero-order chi connectivity index (χ0) is 21.9. The highest BCUT2D eigenvalue weighted by Gasteiger charge is 2.42. The van der Waals surface area contributed by atoms with Crippen LogP contribution in [0.5, 0.6) is 0 Å². The SMILES string of the molecule is CN1c2ccccc2-c2cc(C(F)(F)F)ccc2[P@]1(=O)c1ccc(C(F)(F)F)cc1. The van der Waals surface area contributed by atoms with Crippen LogP contribution in [0.1, 0.15) is 11.1 Å². The van der Waals surface area contributed by atoms with Crippen molar-refractivity contribution in [2.45, 2.75) is 12.4 Å². The molecule has 4 rings (SSSR count). The zero-order valence-electron chi connectivity index (χ0n) is 15.4. The first kappa shape index (κ1) is 20.5. The van der Waals surface area contributed by atoms with Crippen LogP contribution in [-0.2, 0) is 16.9 Å².